The van der Waals surface area contributed by atoms with Crippen LogP contribution in [0.15, 0.2) is 16.7 Å². The van der Waals surface area contributed by atoms with Crippen molar-refractivity contribution in [1.29, 1.82) is 0 Å². The van der Waals surface area contributed by atoms with Crippen LogP contribution in [-0.2, 0) is 4.79 Å². The summed E-state index contributed by atoms with van der Waals surface area (Å²) in [5.41, 5.74) is 5.55. The summed E-state index contributed by atoms with van der Waals surface area (Å²) in [6.45, 7) is 2.53. The zero-order valence-electron chi connectivity index (χ0n) is 9.44. The van der Waals surface area contributed by atoms with Gasteiger partial charge in [-0.25, -0.2) is 4.98 Å². The molecule has 2 atom stereocenters. The molecular weight excluding hydrogens is 286 g/mol. The average molecular weight is 300 g/mol. The first kappa shape index (κ1) is 12.3. The van der Waals surface area contributed by atoms with Crippen LogP contribution in [0.3, 0.4) is 0 Å². The van der Waals surface area contributed by atoms with Crippen molar-refractivity contribution in [3.63, 3.8) is 0 Å². The summed E-state index contributed by atoms with van der Waals surface area (Å²) in [6, 6.07) is 1.79. The van der Waals surface area contributed by atoms with E-state index >= 15 is 0 Å². The third-order valence-electron chi connectivity index (χ3n) is 2.64. The summed E-state index contributed by atoms with van der Waals surface area (Å²) in [5.74, 6) is 1.14. The van der Waals surface area contributed by atoms with E-state index < -0.39 is 6.10 Å². The Bertz CT molecular complexity index is 439. The number of aromatic nitrogens is 1. The van der Waals surface area contributed by atoms with Gasteiger partial charge in [0.25, 0.3) is 5.91 Å². The summed E-state index contributed by atoms with van der Waals surface area (Å²) >= 11 is 3.31. The molecule has 0 aliphatic carbocycles. The van der Waals surface area contributed by atoms with Gasteiger partial charge in [-0.1, -0.05) is 6.92 Å². The Balaban J connectivity index is 2.16. The van der Waals surface area contributed by atoms with Gasteiger partial charge in [0.1, 0.15) is 0 Å². The van der Waals surface area contributed by atoms with Crippen molar-refractivity contribution < 1.29 is 9.53 Å². The fourth-order valence-corrected chi connectivity index (χ4v) is 1.94. The minimum absolute atomic E-state index is 0.160. The quantitative estimate of drug-likeness (QED) is 0.887. The summed E-state index contributed by atoms with van der Waals surface area (Å²) in [6.07, 6.45) is 1.73. The number of anilines is 1. The molecule has 0 bridgehead atoms. The molecular formula is C11H14BrN3O2. The fourth-order valence-electron chi connectivity index (χ4n) is 1.63. The van der Waals surface area contributed by atoms with Gasteiger partial charge >= 0.3 is 0 Å². The van der Waals surface area contributed by atoms with Crippen molar-refractivity contribution in [2.75, 3.05) is 11.9 Å². The summed E-state index contributed by atoms with van der Waals surface area (Å²) in [5, 5.41) is 2.73. The maximum absolute atomic E-state index is 11.8. The van der Waals surface area contributed by atoms with Crippen molar-refractivity contribution in [1.82, 2.24) is 4.98 Å². The van der Waals surface area contributed by atoms with Crippen LogP contribution < -0.4 is 15.8 Å². The summed E-state index contributed by atoms with van der Waals surface area (Å²) in [4.78, 5) is 15.8. The molecule has 0 spiro atoms. The molecule has 1 aliphatic rings. The van der Waals surface area contributed by atoms with Gasteiger partial charge in [0, 0.05) is 10.7 Å². The minimum atomic E-state index is -0.489. The number of hydrogen-bond acceptors (Lipinski definition) is 4. The minimum Gasteiger partial charge on any atom is -0.477 e. The van der Waals surface area contributed by atoms with Gasteiger partial charge in [-0.3, -0.25) is 4.79 Å². The number of hydrogen-bond donors (Lipinski definition) is 2. The van der Waals surface area contributed by atoms with Gasteiger partial charge in [0.05, 0.1) is 0 Å². The molecule has 1 aromatic heterocycles. The van der Waals surface area contributed by atoms with E-state index in [1.54, 1.807) is 12.3 Å². The monoisotopic (exact) mass is 299 g/mol. The number of carbonyl (C=O) groups excluding carboxylic acids is 1. The molecule has 0 fully saturated rings. The Morgan fingerprint density at radius 1 is 1.71 bits per heavy atom. The number of fused-ring (bicyclic) bond motifs is 1. The van der Waals surface area contributed by atoms with E-state index in [0.717, 1.165) is 4.47 Å². The van der Waals surface area contributed by atoms with Crippen LogP contribution in [0.1, 0.15) is 13.3 Å². The van der Waals surface area contributed by atoms with Crippen LogP contribution in [0.4, 0.5) is 5.82 Å². The normalized spacial score (nSPS) is 20.2. The number of nitrogens with one attached hydrogen (secondary N) is 1. The van der Waals surface area contributed by atoms with Crippen LogP contribution in [-0.4, -0.2) is 23.5 Å². The Morgan fingerprint density at radius 3 is 3.18 bits per heavy atom. The van der Waals surface area contributed by atoms with Crippen LogP contribution in [0.2, 0.25) is 0 Å². The largest absolute Gasteiger partial charge is 0.477 e. The van der Waals surface area contributed by atoms with Gasteiger partial charge in [0.2, 0.25) is 0 Å². The smallest absolute Gasteiger partial charge is 0.266 e. The lowest BCUT2D eigenvalue weighted by Gasteiger charge is -2.26. The second-order valence-electron chi connectivity index (χ2n) is 4.17. The predicted molar refractivity (Wildman–Crippen MR) is 67.8 cm³/mol. The number of nitrogens with two attached hydrogens (primary N) is 1. The first-order chi connectivity index (χ1) is 8.10. The van der Waals surface area contributed by atoms with E-state index in [-0.39, 0.29) is 11.8 Å². The Labute approximate surface area is 108 Å². The lowest BCUT2D eigenvalue weighted by molar-refractivity contribution is -0.124. The lowest BCUT2D eigenvalue weighted by Crippen LogP contribution is -2.39. The number of nitrogens with zero attached hydrogens (tertiary/aromatic N) is 1. The number of ether oxygens (including phenoxy) is 1. The van der Waals surface area contributed by atoms with Gasteiger partial charge < -0.3 is 15.8 Å². The van der Waals surface area contributed by atoms with E-state index in [9.17, 15) is 4.79 Å². The summed E-state index contributed by atoms with van der Waals surface area (Å²) in [7, 11) is 0. The highest BCUT2D eigenvalue weighted by molar-refractivity contribution is 9.10. The van der Waals surface area contributed by atoms with Crippen LogP contribution in [0.25, 0.3) is 0 Å². The zero-order chi connectivity index (χ0) is 12.4. The Kier molecular flexibility index (Phi) is 3.63. The van der Waals surface area contributed by atoms with Crippen molar-refractivity contribution in [2.45, 2.75) is 19.4 Å². The molecule has 3 N–H and O–H groups in total. The molecule has 2 heterocycles. The molecule has 92 valence electrons. The lowest BCUT2D eigenvalue weighted by atomic mass is 10.0. The van der Waals surface area contributed by atoms with Crippen molar-refractivity contribution in [2.24, 2.45) is 11.7 Å². The topological polar surface area (TPSA) is 77.2 Å². The second-order valence-corrected chi connectivity index (χ2v) is 5.09. The maximum atomic E-state index is 11.8. The van der Waals surface area contributed by atoms with E-state index in [0.29, 0.717) is 24.5 Å². The van der Waals surface area contributed by atoms with Crippen LogP contribution in [0.5, 0.6) is 5.75 Å². The summed E-state index contributed by atoms with van der Waals surface area (Å²) < 4.78 is 6.46. The Hall–Kier alpha value is -1.14. The highest BCUT2D eigenvalue weighted by Gasteiger charge is 2.29. The molecule has 0 saturated heterocycles. The third kappa shape index (κ3) is 2.76. The van der Waals surface area contributed by atoms with E-state index in [1.807, 2.05) is 6.92 Å². The van der Waals surface area contributed by atoms with Gasteiger partial charge in [0.15, 0.2) is 17.7 Å². The molecule has 0 radical (unpaired) electrons. The molecule has 1 aliphatic heterocycles. The standard InChI is InChI=1S/C11H14BrN3O2/c1-6(4-13)2-9-11(16)15-10-8(17-9)3-7(12)5-14-10/h3,5-6,9H,2,4,13H2,1H3,(H,14,15,16). The van der Waals surface area contributed by atoms with Crippen molar-refractivity contribution in [3.8, 4) is 5.75 Å². The molecule has 6 heteroatoms. The van der Waals surface area contributed by atoms with E-state index in [4.69, 9.17) is 10.5 Å². The van der Waals surface area contributed by atoms with Gasteiger partial charge in [-0.15, -0.1) is 0 Å². The molecule has 17 heavy (non-hydrogen) atoms. The van der Waals surface area contributed by atoms with E-state index in [2.05, 4.69) is 26.2 Å². The van der Waals surface area contributed by atoms with Crippen molar-refractivity contribution >= 4 is 27.7 Å². The molecule has 5 nitrogen and oxygen atoms in total. The first-order valence-corrected chi connectivity index (χ1v) is 6.22. The highest BCUT2D eigenvalue weighted by Crippen LogP contribution is 2.31. The van der Waals surface area contributed by atoms with Gasteiger partial charge in [-0.05, 0) is 40.9 Å². The SMILES string of the molecule is CC(CN)CC1Oc2cc(Br)cnc2NC1=O. The molecule has 2 rings (SSSR count). The Morgan fingerprint density at radius 2 is 2.47 bits per heavy atom. The second kappa shape index (κ2) is 5.01. The molecule has 0 saturated carbocycles. The number of carbonyl (C=O) groups is 1. The number of halogens is 1. The molecule has 0 aromatic carbocycles. The maximum Gasteiger partial charge on any atom is 0.266 e. The molecule has 2 unspecified atom stereocenters. The molecule has 1 aromatic rings. The number of rotatable bonds is 3. The van der Waals surface area contributed by atoms with Crippen molar-refractivity contribution in [3.05, 3.63) is 16.7 Å². The zero-order valence-corrected chi connectivity index (χ0v) is 11.0. The number of amides is 1. The van der Waals surface area contributed by atoms with E-state index in [1.165, 1.54) is 0 Å². The average Bonchev–Trinajstić information content (AvgIpc) is 2.30. The van der Waals surface area contributed by atoms with Crippen LogP contribution >= 0.6 is 15.9 Å². The fraction of sp³-hybridized carbons (Fsp3) is 0.455. The van der Waals surface area contributed by atoms with Crippen LogP contribution in [0, 0.1) is 5.92 Å². The predicted octanol–water partition coefficient (Wildman–Crippen LogP) is 1.53. The third-order valence-corrected chi connectivity index (χ3v) is 3.08. The highest BCUT2D eigenvalue weighted by atomic mass is 79.9. The molecule has 1 amide bonds. The van der Waals surface area contributed by atoms with Gasteiger partial charge in [-0.2, -0.15) is 0 Å². The first-order valence-electron chi connectivity index (χ1n) is 5.43. The number of pyridine rings is 1.